The highest BCUT2D eigenvalue weighted by molar-refractivity contribution is 7.47. The zero-order valence-corrected chi connectivity index (χ0v) is 70.1. The number of aliphatic hydroxyl groups excluding tert-OH is 1. The van der Waals surface area contributed by atoms with Crippen LogP contribution in [0.15, 0.2) is 0 Å². The highest BCUT2D eigenvalue weighted by atomic mass is 31.2. The summed E-state index contributed by atoms with van der Waals surface area (Å²) in [5, 5.41) is 10.7. The third-order valence-corrected chi connectivity index (χ3v) is 22.2. The number of phosphoric ester groups is 2. The van der Waals surface area contributed by atoms with Crippen LogP contribution < -0.4 is 0 Å². The van der Waals surface area contributed by atoms with Crippen LogP contribution in [0.2, 0.25) is 0 Å². The van der Waals surface area contributed by atoms with Gasteiger partial charge in [0.2, 0.25) is 0 Å². The van der Waals surface area contributed by atoms with Gasteiger partial charge in [0, 0.05) is 25.7 Å². The lowest BCUT2D eigenvalue weighted by Crippen LogP contribution is -2.30. The molecule has 19 heteroatoms. The van der Waals surface area contributed by atoms with Gasteiger partial charge in [0.25, 0.3) is 0 Å². The van der Waals surface area contributed by atoms with E-state index < -0.39 is 97.5 Å². The lowest BCUT2D eigenvalue weighted by molar-refractivity contribution is -0.161. The Bertz CT molecular complexity index is 2000. The molecule has 0 aromatic carbocycles. The van der Waals surface area contributed by atoms with E-state index in [-0.39, 0.29) is 25.7 Å². The summed E-state index contributed by atoms with van der Waals surface area (Å²) in [4.78, 5) is 73.2. The number of aliphatic hydroxyl groups is 1. The monoisotopic (exact) mass is 1520 g/mol. The topological polar surface area (TPSA) is 237 Å². The van der Waals surface area contributed by atoms with Gasteiger partial charge in [0.05, 0.1) is 26.4 Å². The number of rotatable bonds is 84. The summed E-state index contributed by atoms with van der Waals surface area (Å²) in [6, 6.07) is 0. The predicted molar refractivity (Wildman–Crippen MR) is 428 cm³/mol. The highest BCUT2D eigenvalue weighted by Crippen LogP contribution is 2.45. The summed E-state index contributed by atoms with van der Waals surface area (Å²) < 4.78 is 68.9. The maximum atomic E-state index is 13.1. The van der Waals surface area contributed by atoms with Crippen LogP contribution in [0.25, 0.3) is 0 Å². The van der Waals surface area contributed by atoms with Crippen LogP contribution in [-0.2, 0) is 65.4 Å². The minimum absolute atomic E-state index is 0.106. The first-order chi connectivity index (χ1) is 50.4. The van der Waals surface area contributed by atoms with Crippen molar-refractivity contribution in [3.8, 4) is 0 Å². The van der Waals surface area contributed by atoms with Crippen LogP contribution in [0.3, 0.4) is 0 Å². The minimum Gasteiger partial charge on any atom is -0.462 e. The summed E-state index contributed by atoms with van der Waals surface area (Å²) in [5.74, 6) is -0.576. The molecule has 0 rings (SSSR count). The molecule has 0 heterocycles. The van der Waals surface area contributed by atoms with Crippen molar-refractivity contribution in [2.75, 3.05) is 39.6 Å². The van der Waals surface area contributed by atoms with Crippen LogP contribution in [0.5, 0.6) is 0 Å². The van der Waals surface area contributed by atoms with Gasteiger partial charge in [-0.1, -0.05) is 401 Å². The summed E-state index contributed by atoms with van der Waals surface area (Å²) in [5.41, 5.74) is 0. The molecule has 0 bridgehead atoms. The Kier molecular flexibility index (Phi) is 75.0. The van der Waals surface area contributed by atoms with E-state index in [9.17, 15) is 43.2 Å². The van der Waals surface area contributed by atoms with Gasteiger partial charge >= 0.3 is 39.5 Å². The zero-order valence-electron chi connectivity index (χ0n) is 68.3. The third-order valence-electron chi connectivity index (χ3n) is 20.3. The Morgan fingerprint density at radius 2 is 0.490 bits per heavy atom. The van der Waals surface area contributed by atoms with Crippen LogP contribution >= 0.6 is 15.6 Å². The van der Waals surface area contributed by atoms with E-state index >= 15 is 0 Å². The number of unbranched alkanes of at least 4 members (excludes halogenated alkanes) is 53. The van der Waals surface area contributed by atoms with E-state index in [1.54, 1.807) is 0 Å². The number of hydrogen-bond acceptors (Lipinski definition) is 15. The van der Waals surface area contributed by atoms with Crippen molar-refractivity contribution in [2.45, 2.75) is 471 Å². The van der Waals surface area contributed by atoms with Gasteiger partial charge in [0.15, 0.2) is 12.2 Å². The Morgan fingerprint density at radius 3 is 0.731 bits per heavy atom. The molecule has 3 unspecified atom stereocenters. The summed E-state index contributed by atoms with van der Waals surface area (Å²) >= 11 is 0. The number of ether oxygens (including phenoxy) is 4. The molecule has 0 fully saturated rings. The van der Waals surface area contributed by atoms with Crippen molar-refractivity contribution in [1.29, 1.82) is 0 Å². The number of esters is 4. The quantitative estimate of drug-likeness (QED) is 0.0222. The first-order valence-electron chi connectivity index (χ1n) is 44.0. The molecule has 0 aliphatic rings. The lowest BCUT2D eigenvalue weighted by atomic mass is 9.99. The predicted octanol–water partition coefficient (Wildman–Crippen LogP) is 25.8. The second-order valence-corrected chi connectivity index (χ2v) is 34.2. The summed E-state index contributed by atoms with van der Waals surface area (Å²) in [6.45, 7) is 9.65. The fourth-order valence-electron chi connectivity index (χ4n) is 13.2. The van der Waals surface area contributed by atoms with Crippen molar-refractivity contribution < 1.29 is 80.2 Å². The van der Waals surface area contributed by atoms with Crippen LogP contribution in [0.4, 0.5) is 0 Å². The van der Waals surface area contributed by atoms with E-state index in [4.69, 9.17) is 37.0 Å². The van der Waals surface area contributed by atoms with Gasteiger partial charge in [-0.2, -0.15) is 0 Å². The maximum absolute atomic E-state index is 13.1. The smallest absolute Gasteiger partial charge is 0.462 e. The molecule has 104 heavy (non-hydrogen) atoms. The SMILES string of the molecule is CCCCCCCCCCCCCCCCCCCCCCC(=O)O[C@H](COC(=O)CCCCCCCCCCCCCCCCCCCCC)COP(=O)(O)OC[C@@H](O)COP(=O)(O)OC[C@@H](COC(=O)CCCCCCCCCCC(C)C)OC(=O)CCCCCCCCCCCCC(C)CC. The first-order valence-corrected chi connectivity index (χ1v) is 47.0. The maximum Gasteiger partial charge on any atom is 0.472 e. The van der Waals surface area contributed by atoms with Crippen molar-refractivity contribution in [3.05, 3.63) is 0 Å². The molecule has 0 aromatic rings. The number of phosphoric acid groups is 2. The van der Waals surface area contributed by atoms with Crippen molar-refractivity contribution in [3.63, 3.8) is 0 Å². The molecule has 0 saturated heterocycles. The summed E-state index contributed by atoms with van der Waals surface area (Å²) in [7, 11) is -9.93. The van der Waals surface area contributed by atoms with Crippen molar-refractivity contribution in [2.24, 2.45) is 11.8 Å². The average Bonchev–Trinajstić information content (AvgIpc) is 0.917. The van der Waals surface area contributed by atoms with Crippen molar-refractivity contribution >= 4 is 39.5 Å². The minimum atomic E-state index is -4.97. The highest BCUT2D eigenvalue weighted by Gasteiger charge is 2.30. The molecule has 0 aliphatic heterocycles. The molecule has 3 N–H and O–H groups in total. The molecule has 0 amide bonds. The van der Waals surface area contributed by atoms with Gasteiger partial charge in [-0.15, -0.1) is 0 Å². The third kappa shape index (κ3) is 76.8. The molecule has 0 aliphatic carbocycles. The van der Waals surface area contributed by atoms with E-state index in [2.05, 4.69) is 41.5 Å². The fourth-order valence-corrected chi connectivity index (χ4v) is 14.8. The van der Waals surface area contributed by atoms with Crippen molar-refractivity contribution in [1.82, 2.24) is 0 Å². The molecule has 0 saturated carbocycles. The van der Waals surface area contributed by atoms with Gasteiger partial charge in [-0.3, -0.25) is 37.3 Å². The number of carbonyl (C=O) groups is 4. The van der Waals surface area contributed by atoms with E-state index in [1.165, 1.54) is 270 Å². The molecule has 618 valence electrons. The van der Waals surface area contributed by atoms with Gasteiger partial charge < -0.3 is 33.8 Å². The normalized spacial score (nSPS) is 14.1. The van der Waals surface area contributed by atoms with Crippen LogP contribution in [-0.4, -0.2) is 96.7 Å². The van der Waals surface area contributed by atoms with E-state index in [0.717, 1.165) is 102 Å². The average molecular weight is 1520 g/mol. The number of carbonyl (C=O) groups excluding carboxylic acids is 4. The summed E-state index contributed by atoms with van der Waals surface area (Å²) in [6.07, 6.45) is 68.1. The second kappa shape index (κ2) is 76.4. The fraction of sp³-hybridized carbons (Fsp3) is 0.953. The molecular weight excluding hydrogens is 1350 g/mol. The molecular formula is C85H166O17P2. The number of hydrogen-bond donors (Lipinski definition) is 3. The largest absolute Gasteiger partial charge is 0.472 e. The molecule has 0 spiro atoms. The first kappa shape index (κ1) is 102. The zero-order chi connectivity index (χ0) is 76.4. The Balaban J connectivity index is 5.24. The van der Waals surface area contributed by atoms with E-state index in [0.29, 0.717) is 25.7 Å². The van der Waals surface area contributed by atoms with Gasteiger partial charge in [0.1, 0.15) is 19.3 Å². The lowest BCUT2D eigenvalue weighted by Gasteiger charge is -2.21. The second-order valence-electron chi connectivity index (χ2n) is 31.3. The standard InChI is InChI=1S/C85H166O17P2/c1-7-10-12-14-16-18-20-22-24-26-28-30-32-34-36-38-43-51-57-63-69-84(89)101-80(73-95-82(87)67-61-55-49-42-37-35-33-31-29-27-25-23-21-19-17-15-13-11-8-2)75-99-103(91,92)97-71-79(86)72-98-104(93,94)100-76-81(74-96-83(88)68-62-56-50-46-45-47-53-59-65-77(4)5)102-85(90)70-64-58-52-44-40-39-41-48-54-60-66-78(6)9-3/h77-81,86H,7-76H2,1-6H3,(H,91,92)(H,93,94)/t78?,79-,80-,81-/m1/s1. The van der Waals surface area contributed by atoms with Gasteiger partial charge in [-0.25, -0.2) is 9.13 Å². The Morgan fingerprint density at radius 1 is 0.279 bits per heavy atom. The van der Waals surface area contributed by atoms with Crippen LogP contribution in [0, 0.1) is 11.8 Å². The van der Waals surface area contributed by atoms with Gasteiger partial charge in [-0.05, 0) is 37.5 Å². The molecule has 6 atom stereocenters. The molecule has 17 nitrogen and oxygen atoms in total. The Hall–Kier alpha value is -1.94. The van der Waals surface area contributed by atoms with E-state index in [1.807, 2.05) is 0 Å². The van der Waals surface area contributed by atoms with Crippen LogP contribution in [0.1, 0.15) is 452 Å². The Labute approximate surface area is 638 Å². The molecule has 0 aromatic heterocycles. The molecule has 0 radical (unpaired) electrons.